The Morgan fingerprint density at radius 3 is 2.47 bits per heavy atom. The molecule has 5 heteroatoms. The van der Waals surface area contributed by atoms with E-state index in [1.165, 1.54) is 0 Å². The molecular formula is C25H29NO4. The van der Waals surface area contributed by atoms with Crippen LogP contribution in [0.15, 0.2) is 54.1 Å². The molecule has 30 heavy (non-hydrogen) atoms. The number of aliphatic hydroxyl groups is 1. The van der Waals surface area contributed by atoms with E-state index in [1.54, 1.807) is 17.0 Å². The van der Waals surface area contributed by atoms with Crippen LogP contribution in [0.25, 0.3) is 5.76 Å². The van der Waals surface area contributed by atoms with E-state index in [-0.39, 0.29) is 11.3 Å². The Morgan fingerprint density at radius 1 is 1.13 bits per heavy atom. The summed E-state index contributed by atoms with van der Waals surface area (Å²) in [5.41, 5.74) is 2.44. The topological polar surface area (TPSA) is 66.8 Å². The lowest BCUT2D eigenvalue weighted by atomic mass is 9.95. The first-order valence-corrected chi connectivity index (χ1v) is 10.4. The van der Waals surface area contributed by atoms with Gasteiger partial charge in [-0.25, -0.2) is 0 Å². The minimum Gasteiger partial charge on any atom is -0.507 e. The number of hydrogen-bond acceptors (Lipinski definition) is 4. The van der Waals surface area contributed by atoms with E-state index in [0.29, 0.717) is 36.8 Å². The molecule has 1 saturated heterocycles. The molecule has 1 unspecified atom stereocenters. The van der Waals surface area contributed by atoms with Crippen LogP contribution in [-0.4, -0.2) is 34.8 Å². The molecule has 0 saturated carbocycles. The van der Waals surface area contributed by atoms with Gasteiger partial charge in [-0.2, -0.15) is 0 Å². The van der Waals surface area contributed by atoms with Crippen molar-refractivity contribution >= 4 is 17.4 Å². The number of Topliss-reactive ketones (excluding diaryl/α,β-unsaturated/α-hetero) is 1. The van der Waals surface area contributed by atoms with Crippen molar-refractivity contribution in [3.05, 3.63) is 70.8 Å². The Kier molecular flexibility index (Phi) is 6.60. The summed E-state index contributed by atoms with van der Waals surface area (Å²) in [6.07, 6.45) is 0.706. The van der Waals surface area contributed by atoms with Crippen molar-refractivity contribution in [2.45, 2.75) is 40.2 Å². The van der Waals surface area contributed by atoms with Crippen molar-refractivity contribution in [1.82, 2.24) is 4.90 Å². The molecule has 1 heterocycles. The zero-order valence-electron chi connectivity index (χ0n) is 18.0. The second kappa shape index (κ2) is 9.16. The molecule has 5 nitrogen and oxygen atoms in total. The van der Waals surface area contributed by atoms with E-state index in [9.17, 15) is 14.7 Å². The van der Waals surface area contributed by atoms with Crippen LogP contribution < -0.4 is 4.74 Å². The van der Waals surface area contributed by atoms with Crippen LogP contribution in [0.3, 0.4) is 0 Å². The number of ether oxygens (including phenoxy) is 1. The number of hydrogen-bond donors (Lipinski definition) is 1. The maximum Gasteiger partial charge on any atom is 0.295 e. The van der Waals surface area contributed by atoms with Gasteiger partial charge in [0.25, 0.3) is 11.7 Å². The molecule has 0 bridgehead atoms. The first-order chi connectivity index (χ1) is 14.3. The molecule has 1 atom stereocenters. The lowest BCUT2D eigenvalue weighted by Gasteiger charge is -2.25. The molecule has 3 rings (SSSR count). The van der Waals surface area contributed by atoms with Gasteiger partial charge in [-0.05, 0) is 37.0 Å². The van der Waals surface area contributed by atoms with E-state index >= 15 is 0 Å². The normalized spacial score (nSPS) is 18.3. The summed E-state index contributed by atoms with van der Waals surface area (Å²) >= 11 is 0. The molecule has 2 aromatic carbocycles. The lowest BCUT2D eigenvalue weighted by molar-refractivity contribution is -0.139. The zero-order valence-corrected chi connectivity index (χ0v) is 18.0. The third-order valence-corrected chi connectivity index (χ3v) is 5.09. The second-order valence-electron chi connectivity index (χ2n) is 8.14. The van der Waals surface area contributed by atoms with Crippen LogP contribution in [0.5, 0.6) is 5.75 Å². The third kappa shape index (κ3) is 4.40. The van der Waals surface area contributed by atoms with Crippen LogP contribution in [0.1, 0.15) is 49.9 Å². The largest absolute Gasteiger partial charge is 0.507 e. The lowest BCUT2D eigenvalue weighted by Crippen LogP contribution is -2.30. The fourth-order valence-electron chi connectivity index (χ4n) is 3.60. The Morgan fingerprint density at radius 2 is 1.83 bits per heavy atom. The van der Waals surface area contributed by atoms with Gasteiger partial charge in [0.05, 0.1) is 18.2 Å². The first-order valence-electron chi connectivity index (χ1n) is 10.4. The van der Waals surface area contributed by atoms with Gasteiger partial charge in [0.1, 0.15) is 11.5 Å². The quantitative estimate of drug-likeness (QED) is 0.404. The summed E-state index contributed by atoms with van der Waals surface area (Å²) in [7, 11) is 0. The van der Waals surface area contributed by atoms with Crippen molar-refractivity contribution < 1.29 is 19.4 Å². The average Bonchev–Trinajstić information content (AvgIpc) is 2.98. The van der Waals surface area contributed by atoms with Crippen LogP contribution >= 0.6 is 0 Å². The summed E-state index contributed by atoms with van der Waals surface area (Å²) in [6, 6.07) is 14.0. The Hall–Kier alpha value is -3.08. The standard InChI is InChI=1S/C25H29NO4/c1-5-13-26-22(19-7-6-8-20(14-19)30-15-16(2)3)21(24(28)25(26)29)23(27)18-11-9-17(4)10-12-18/h6-12,14,16,22,27H,5,13,15H2,1-4H3/b23-21-. The monoisotopic (exact) mass is 407 g/mol. The van der Waals surface area contributed by atoms with Gasteiger partial charge in [-0.15, -0.1) is 0 Å². The number of ketones is 1. The van der Waals surface area contributed by atoms with Crippen molar-refractivity contribution in [2.24, 2.45) is 5.92 Å². The summed E-state index contributed by atoms with van der Waals surface area (Å²) < 4.78 is 5.84. The van der Waals surface area contributed by atoms with E-state index in [4.69, 9.17) is 4.74 Å². The number of nitrogens with zero attached hydrogens (tertiary/aromatic N) is 1. The first kappa shape index (κ1) is 21.6. The number of benzene rings is 2. The number of carbonyl (C=O) groups is 2. The van der Waals surface area contributed by atoms with Gasteiger partial charge >= 0.3 is 0 Å². The van der Waals surface area contributed by atoms with Gasteiger partial charge in [0.15, 0.2) is 0 Å². The number of rotatable bonds is 7. The molecule has 1 N–H and O–H groups in total. The zero-order chi connectivity index (χ0) is 21.8. The summed E-state index contributed by atoms with van der Waals surface area (Å²) in [5.74, 6) is -0.325. The number of amides is 1. The Balaban J connectivity index is 2.10. The molecule has 0 aliphatic carbocycles. The molecular weight excluding hydrogens is 378 g/mol. The van der Waals surface area contributed by atoms with Crippen LogP contribution in [0.4, 0.5) is 0 Å². The molecule has 0 radical (unpaired) electrons. The summed E-state index contributed by atoms with van der Waals surface area (Å²) in [5, 5.41) is 11.0. The van der Waals surface area contributed by atoms with Crippen molar-refractivity contribution in [2.75, 3.05) is 13.2 Å². The predicted molar refractivity (Wildman–Crippen MR) is 117 cm³/mol. The van der Waals surface area contributed by atoms with Crippen LogP contribution in [-0.2, 0) is 9.59 Å². The van der Waals surface area contributed by atoms with E-state index in [1.807, 2.05) is 50.2 Å². The van der Waals surface area contributed by atoms with Crippen molar-refractivity contribution in [3.63, 3.8) is 0 Å². The van der Waals surface area contributed by atoms with Crippen LogP contribution in [0, 0.1) is 12.8 Å². The van der Waals surface area contributed by atoms with Crippen LogP contribution in [0.2, 0.25) is 0 Å². The second-order valence-corrected chi connectivity index (χ2v) is 8.14. The molecule has 158 valence electrons. The fraction of sp³-hybridized carbons (Fsp3) is 0.360. The highest BCUT2D eigenvalue weighted by atomic mass is 16.5. The molecule has 0 spiro atoms. The van der Waals surface area contributed by atoms with E-state index in [0.717, 1.165) is 11.1 Å². The molecule has 0 aromatic heterocycles. The minimum absolute atomic E-state index is 0.123. The molecule has 1 amide bonds. The highest BCUT2D eigenvalue weighted by Crippen LogP contribution is 2.40. The average molecular weight is 408 g/mol. The Bertz CT molecular complexity index is 959. The van der Waals surface area contributed by atoms with Crippen molar-refractivity contribution in [3.8, 4) is 5.75 Å². The molecule has 1 aliphatic rings. The van der Waals surface area contributed by atoms with Gasteiger partial charge in [0, 0.05) is 12.1 Å². The number of aryl methyl sites for hydroxylation is 1. The van der Waals surface area contributed by atoms with Crippen molar-refractivity contribution in [1.29, 1.82) is 0 Å². The van der Waals surface area contributed by atoms with E-state index < -0.39 is 17.7 Å². The molecule has 1 fully saturated rings. The maximum atomic E-state index is 12.9. The van der Waals surface area contributed by atoms with Gasteiger partial charge in [-0.3, -0.25) is 9.59 Å². The van der Waals surface area contributed by atoms with Gasteiger partial charge in [0.2, 0.25) is 0 Å². The molecule has 1 aliphatic heterocycles. The number of carbonyl (C=O) groups excluding carboxylic acids is 2. The highest BCUT2D eigenvalue weighted by Gasteiger charge is 2.45. The molecule has 2 aromatic rings. The van der Waals surface area contributed by atoms with Gasteiger partial charge < -0.3 is 14.7 Å². The minimum atomic E-state index is -0.653. The fourth-order valence-corrected chi connectivity index (χ4v) is 3.60. The number of likely N-dealkylation sites (tertiary alicyclic amines) is 1. The third-order valence-electron chi connectivity index (χ3n) is 5.09. The Labute approximate surface area is 178 Å². The number of aliphatic hydroxyl groups excluding tert-OH is 1. The summed E-state index contributed by atoms with van der Waals surface area (Å²) in [4.78, 5) is 27.2. The highest BCUT2D eigenvalue weighted by molar-refractivity contribution is 6.46. The smallest absolute Gasteiger partial charge is 0.295 e. The van der Waals surface area contributed by atoms with Gasteiger partial charge in [-0.1, -0.05) is 62.7 Å². The van der Waals surface area contributed by atoms with E-state index in [2.05, 4.69) is 13.8 Å². The summed E-state index contributed by atoms with van der Waals surface area (Å²) in [6.45, 7) is 9.05. The predicted octanol–water partition coefficient (Wildman–Crippen LogP) is 4.86. The maximum absolute atomic E-state index is 12.9. The SMILES string of the molecule is CCCN1C(=O)C(=O)/C(=C(\O)c2ccc(C)cc2)C1c1cccc(OCC(C)C)c1.